The number of anilines is 1. The number of ether oxygens (including phenoxy) is 3. The van der Waals surface area contributed by atoms with Gasteiger partial charge in [0.1, 0.15) is 17.3 Å². The lowest BCUT2D eigenvalue weighted by atomic mass is 9.83. The number of aromatic nitrogens is 1. The highest BCUT2D eigenvalue weighted by atomic mass is 19.3. The lowest BCUT2D eigenvalue weighted by Crippen LogP contribution is -2.35. The Kier molecular flexibility index (Phi) is 6.14. The molecule has 1 aromatic heterocycles. The van der Waals surface area contributed by atoms with Gasteiger partial charge in [-0.1, -0.05) is 18.2 Å². The maximum Gasteiger partial charge on any atom is 0.586 e. The summed E-state index contributed by atoms with van der Waals surface area (Å²) in [6, 6.07) is 12.6. The first-order chi connectivity index (χ1) is 16.5. The van der Waals surface area contributed by atoms with Gasteiger partial charge in [-0.25, -0.2) is 14.2 Å². The Labute approximate surface area is 198 Å². The van der Waals surface area contributed by atoms with Crippen LogP contribution in [-0.2, 0) is 14.9 Å². The molecule has 1 aliphatic rings. The van der Waals surface area contributed by atoms with Gasteiger partial charge < -0.3 is 19.5 Å². The molecule has 3 aromatic rings. The fourth-order valence-electron chi connectivity index (χ4n) is 3.46. The van der Waals surface area contributed by atoms with E-state index in [1.54, 1.807) is 32.9 Å². The summed E-state index contributed by atoms with van der Waals surface area (Å²) in [5.41, 5.74) is -0.331. The first-order valence-corrected chi connectivity index (χ1v) is 10.7. The number of pyridine rings is 1. The average molecular weight is 486 g/mol. The Hall–Kier alpha value is -4.08. The van der Waals surface area contributed by atoms with Crippen LogP contribution >= 0.6 is 0 Å². The zero-order valence-electron chi connectivity index (χ0n) is 19.0. The second-order valence-corrected chi connectivity index (χ2v) is 8.24. The van der Waals surface area contributed by atoms with Crippen LogP contribution in [0.3, 0.4) is 0 Å². The first-order valence-electron chi connectivity index (χ1n) is 10.7. The molecule has 1 aliphatic heterocycles. The molecule has 0 aliphatic carbocycles. The van der Waals surface area contributed by atoms with Crippen molar-refractivity contribution >= 4 is 17.7 Å². The van der Waals surface area contributed by atoms with E-state index in [2.05, 4.69) is 19.8 Å². The highest BCUT2D eigenvalue weighted by Crippen LogP contribution is 2.43. The van der Waals surface area contributed by atoms with E-state index in [1.807, 2.05) is 0 Å². The molecule has 1 amide bonds. The monoisotopic (exact) mass is 486 g/mol. The van der Waals surface area contributed by atoms with Gasteiger partial charge in [0, 0.05) is 5.56 Å². The number of carbonyl (C=O) groups excluding carboxylic acids is 2. The summed E-state index contributed by atoms with van der Waals surface area (Å²) in [7, 11) is 0. The van der Waals surface area contributed by atoms with Crippen LogP contribution in [-0.4, -0.2) is 29.8 Å². The van der Waals surface area contributed by atoms with E-state index < -0.39 is 29.4 Å². The van der Waals surface area contributed by atoms with Crippen molar-refractivity contribution in [3.8, 4) is 22.8 Å². The summed E-state index contributed by atoms with van der Waals surface area (Å²) in [6.07, 6.45) is -3.77. The van der Waals surface area contributed by atoms with Gasteiger partial charge >= 0.3 is 12.3 Å². The van der Waals surface area contributed by atoms with Gasteiger partial charge in [-0.2, -0.15) is 0 Å². The van der Waals surface area contributed by atoms with E-state index in [4.69, 9.17) is 4.74 Å². The molecule has 2 heterocycles. The van der Waals surface area contributed by atoms with Gasteiger partial charge in [-0.05, 0) is 62.7 Å². The summed E-state index contributed by atoms with van der Waals surface area (Å²) >= 11 is 0. The predicted octanol–water partition coefficient (Wildman–Crippen LogP) is 5.30. The SMILES string of the molecule is CCOC(=O)c1cccc(-c2nc(NC(=O)C(C)(C)c3ccc4c(c3)OC(F)(F)O4)ccc2F)c1. The van der Waals surface area contributed by atoms with Gasteiger partial charge in [0.25, 0.3) is 0 Å². The molecule has 0 saturated heterocycles. The zero-order chi connectivity index (χ0) is 25.4. The average Bonchev–Trinajstić information content (AvgIpc) is 3.13. The lowest BCUT2D eigenvalue weighted by molar-refractivity contribution is -0.286. The van der Waals surface area contributed by atoms with Crippen molar-refractivity contribution < 1.29 is 37.0 Å². The molecular formula is C25H21F3N2O5. The van der Waals surface area contributed by atoms with Crippen molar-refractivity contribution in [2.24, 2.45) is 0 Å². The topological polar surface area (TPSA) is 86.8 Å². The quantitative estimate of drug-likeness (QED) is 0.476. The molecule has 0 fully saturated rings. The van der Waals surface area contributed by atoms with E-state index in [1.165, 1.54) is 36.4 Å². The van der Waals surface area contributed by atoms with E-state index in [0.717, 1.165) is 6.07 Å². The van der Waals surface area contributed by atoms with Crippen LogP contribution in [0, 0.1) is 5.82 Å². The summed E-state index contributed by atoms with van der Waals surface area (Å²) in [5, 5.41) is 2.63. The van der Waals surface area contributed by atoms with Gasteiger partial charge in [0.2, 0.25) is 5.91 Å². The highest BCUT2D eigenvalue weighted by molar-refractivity contribution is 5.98. The van der Waals surface area contributed by atoms with E-state index >= 15 is 0 Å². The minimum Gasteiger partial charge on any atom is -0.462 e. The molecule has 0 bridgehead atoms. The van der Waals surface area contributed by atoms with Crippen LogP contribution in [0.5, 0.6) is 11.5 Å². The second-order valence-electron chi connectivity index (χ2n) is 8.24. The number of nitrogens with one attached hydrogen (secondary N) is 1. The fraction of sp³-hybridized carbons (Fsp3) is 0.240. The van der Waals surface area contributed by atoms with Crippen molar-refractivity contribution in [3.05, 3.63) is 71.5 Å². The normalized spacial score (nSPS) is 13.9. The van der Waals surface area contributed by atoms with Crippen molar-refractivity contribution in [2.45, 2.75) is 32.5 Å². The summed E-state index contributed by atoms with van der Waals surface area (Å²) in [5.74, 6) is -1.98. The summed E-state index contributed by atoms with van der Waals surface area (Å²) < 4.78 is 55.1. The minimum atomic E-state index is -3.77. The summed E-state index contributed by atoms with van der Waals surface area (Å²) in [4.78, 5) is 29.3. The molecule has 182 valence electrons. The fourth-order valence-corrected chi connectivity index (χ4v) is 3.46. The number of benzene rings is 2. The largest absolute Gasteiger partial charge is 0.586 e. The van der Waals surface area contributed by atoms with Crippen molar-refractivity contribution in [3.63, 3.8) is 0 Å². The number of alkyl halides is 2. The molecular weight excluding hydrogens is 465 g/mol. The van der Waals surface area contributed by atoms with Crippen LogP contribution in [0.2, 0.25) is 0 Å². The second kappa shape index (κ2) is 8.94. The Morgan fingerprint density at radius 1 is 1.06 bits per heavy atom. The molecule has 0 radical (unpaired) electrons. The van der Waals surface area contributed by atoms with E-state index in [0.29, 0.717) is 11.1 Å². The number of amides is 1. The Bertz CT molecular complexity index is 1310. The number of carbonyl (C=O) groups is 2. The number of hydrogen-bond acceptors (Lipinski definition) is 6. The molecule has 0 atom stereocenters. The smallest absolute Gasteiger partial charge is 0.462 e. The van der Waals surface area contributed by atoms with Crippen LogP contribution in [0.4, 0.5) is 19.0 Å². The maximum atomic E-state index is 14.6. The van der Waals surface area contributed by atoms with Crippen molar-refractivity contribution in [2.75, 3.05) is 11.9 Å². The zero-order valence-corrected chi connectivity index (χ0v) is 19.0. The molecule has 4 rings (SSSR count). The first kappa shape index (κ1) is 24.1. The number of hydrogen-bond donors (Lipinski definition) is 1. The van der Waals surface area contributed by atoms with E-state index in [-0.39, 0.29) is 35.2 Å². The highest BCUT2D eigenvalue weighted by Gasteiger charge is 2.44. The Morgan fingerprint density at radius 2 is 1.80 bits per heavy atom. The third-order valence-corrected chi connectivity index (χ3v) is 5.43. The van der Waals surface area contributed by atoms with Crippen LogP contribution in [0.25, 0.3) is 11.3 Å². The van der Waals surface area contributed by atoms with E-state index in [9.17, 15) is 22.8 Å². The molecule has 0 unspecified atom stereocenters. The molecule has 2 aromatic carbocycles. The maximum absolute atomic E-state index is 14.6. The van der Waals surface area contributed by atoms with Crippen molar-refractivity contribution in [1.82, 2.24) is 4.98 Å². The molecule has 1 N–H and O–H groups in total. The number of halogens is 3. The van der Waals surface area contributed by atoms with Gasteiger partial charge in [-0.15, -0.1) is 8.78 Å². The third-order valence-electron chi connectivity index (χ3n) is 5.43. The third kappa shape index (κ3) is 4.91. The summed E-state index contributed by atoms with van der Waals surface area (Å²) in [6.45, 7) is 5.05. The van der Waals surface area contributed by atoms with Gasteiger partial charge in [-0.3, -0.25) is 4.79 Å². The van der Waals surface area contributed by atoms with Crippen LogP contribution < -0.4 is 14.8 Å². The molecule has 0 spiro atoms. The molecule has 35 heavy (non-hydrogen) atoms. The number of nitrogens with zero attached hydrogens (tertiary/aromatic N) is 1. The van der Waals surface area contributed by atoms with Crippen LogP contribution in [0.15, 0.2) is 54.6 Å². The predicted molar refractivity (Wildman–Crippen MR) is 120 cm³/mol. The number of esters is 1. The molecule has 0 saturated carbocycles. The number of fused-ring (bicyclic) bond motifs is 1. The van der Waals surface area contributed by atoms with Gasteiger partial charge in [0.15, 0.2) is 11.5 Å². The molecule has 10 heteroatoms. The standard InChI is InChI=1S/C25H21F3N2O5/c1-4-33-22(31)15-7-5-6-14(12-15)21-17(26)9-11-20(29-21)30-23(32)24(2,3)16-8-10-18-19(13-16)35-25(27,28)34-18/h5-13H,4H2,1-3H3,(H,29,30,32). The van der Waals surface area contributed by atoms with Crippen LogP contribution in [0.1, 0.15) is 36.7 Å². The van der Waals surface area contributed by atoms with Gasteiger partial charge in [0.05, 0.1) is 17.6 Å². The Balaban J connectivity index is 1.58. The van der Waals surface area contributed by atoms with Crippen molar-refractivity contribution in [1.29, 1.82) is 0 Å². The lowest BCUT2D eigenvalue weighted by Gasteiger charge is -2.24. The minimum absolute atomic E-state index is 0.0632. The number of rotatable bonds is 6. The Morgan fingerprint density at radius 3 is 2.54 bits per heavy atom. The molecule has 7 nitrogen and oxygen atoms in total.